The maximum absolute atomic E-state index is 12.3. The van der Waals surface area contributed by atoms with Crippen LogP contribution >= 0.6 is 27.3 Å². The van der Waals surface area contributed by atoms with Crippen LogP contribution in [-0.4, -0.2) is 43.8 Å². The Morgan fingerprint density at radius 2 is 2.22 bits per heavy atom. The van der Waals surface area contributed by atoms with Crippen molar-refractivity contribution in [1.82, 2.24) is 4.90 Å². The molecule has 1 aliphatic rings. The molecule has 1 atom stereocenters. The predicted molar refractivity (Wildman–Crippen MR) is 75.9 cm³/mol. The average molecular weight is 352 g/mol. The van der Waals surface area contributed by atoms with E-state index in [-0.39, 0.29) is 23.5 Å². The van der Waals surface area contributed by atoms with Crippen LogP contribution in [0.4, 0.5) is 0 Å². The van der Waals surface area contributed by atoms with E-state index in [1.165, 1.54) is 11.3 Å². The van der Waals surface area contributed by atoms with Crippen LogP contribution in [0.1, 0.15) is 21.7 Å². The fourth-order valence-electron chi connectivity index (χ4n) is 1.98. The molecular formula is C11H14BrNO3S2. The van der Waals surface area contributed by atoms with Crippen molar-refractivity contribution >= 4 is 43.0 Å². The lowest BCUT2D eigenvalue weighted by Crippen LogP contribution is -2.37. The molecule has 2 rings (SSSR count). The standard InChI is InChI=1S/C11H14BrNO3S2/c1-7-5-17-10(9(7)12)11(14)13(2)8-3-4-18(15,16)6-8/h5,8H,3-4,6H2,1-2H3. The molecule has 100 valence electrons. The number of hydrogen-bond acceptors (Lipinski definition) is 4. The number of carbonyl (C=O) groups is 1. The Labute approximate surface area is 119 Å². The molecule has 7 heteroatoms. The number of halogens is 1. The molecule has 1 aromatic rings. The van der Waals surface area contributed by atoms with Crippen molar-refractivity contribution in [1.29, 1.82) is 0 Å². The van der Waals surface area contributed by atoms with Crippen molar-refractivity contribution < 1.29 is 13.2 Å². The lowest BCUT2D eigenvalue weighted by Gasteiger charge is -2.22. The monoisotopic (exact) mass is 351 g/mol. The Morgan fingerprint density at radius 3 is 2.67 bits per heavy atom. The van der Waals surface area contributed by atoms with Gasteiger partial charge in [-0.05, 0) is 40.2 Å². The van der Waals surface area contributed by atoms with Gasteiger partial charge in [-0.25, -0.2) is 8.42 Å². The number of carbonyl (C=O) groups excluding carboxylic acids is 1. The van der Waals surface area contributed by atoms with Crippen LogP contribution in [-0.2, 0) is 9.84 Å². The normalized spacial score (nSPS) is 22.1. The fraction of sp³-hybridized carbons (Fsp3) is 0.545. The van der Waals surface area contributed by atoms with E-state index < -0.39 is 9.84 Å². The fourth-order valence-corrected chi connectivity index (χ4v) is 5.39. The summed E-state index contributed by atoms with van der Waals surface area (Å²) in [5.41, 5.74) is 1.02. The predicted octanol–water partition coefficient (Wildman–Crippen LogP) is 2.08. The van der Waals surface area contributed by atoms with Gasteiger partial charge in [0.2, 0.25) is 0 Å². The summed E-state index contributed by atoms with van der Waals surface area (Å²) >= 11 is 4.78. The second-order valence-electron chi connectivity index (χ2n) is 4.53. The number of sulfone groups is 1. The quantitative estimate of drug-likeness (QED) is 0.819. The van der Waals surface area contributed by atoms with Gasteiger partial charge < -0.3 is 4.90 Å². The van der Waals surface area contributed by atoms with E-state index in [2.05, 4.69) is 15.9 Å². The summed E-state index contributed by atoms with van der Waals surface area (Å²) in [5, 5.41) is 1.91. The number of thiophene rings is 1. The van der Waals surface area contributed by atoms with E-state index in [0.717, 1.165) is 10.0 Å². The first-order valence-electron chi connectivity index (χ1n) is 5.53. The molecule has 1 aliphatic heterocycles. The van der Waals surface area contributed by atoms with Crippen LogP contribution in [0.25, 0.3) is 0 Å². The molecule has 4 nitrogen and oxygen atoms in total. The minimum atomic E-state index is -2.96. The summed E-state index contributed by atoms with van der Waals surface area (Å²) in [6.07, 6.45) is 0.534. The van der Waals surface area contributed by atoms with Crippen molar-refractivity contribution in [3.8, 4) is 0 Å². The maximum Gasteiger partial charge on any atom is 0.265 e. The Morgan fingerprint density at radius 1 is 1.56 bits per heavy atom. The molecule has 1 unspecified atom stereocenters. The van der Waals surface area contributed by atoms with Crippen molar-refractivity contribution in [2.45, 2.75) is 19.4 Å². The molecule has 1 saturated heterocycles. The van der Waals surface area contributed by atoms with Crippen LogP contribution in [0, 0.1) is 6.92 Å². The Balaban J connectivity index is 2.17. The number of hydrogen-bond donors (Lipinski definition) is 0. The summed E-state index contributed by atoms with van der Waals surface area (Å²) in [6.45, 7) is 1.93. The van der Waals surface area contributed by atoms with Crippen LogP contribution in [0.15, 0.2) is 9.85 Å². The largest absolute Gasteiger partial charge is 0.337 e. The second-order valence-corrected chi connectivity index (χ2v) is 8.44. The van der Waals surface area contributed by atoms with Gasteiger partial charge in [0.15, 0.2) is 9.84 Å². The first-order chi connectivity index (χ1) is 8.32. The molecule has 2 heterocycles. The van der Waals surface area contributed by atoms with Crippen molar-refractivity contribution in [3.05, 3.63) is 20.3 Å². The van der Waals surface area contributed by atoms with E-state index in [1.54, 1.807) is 11.9 Å². The van der Waals surface area contributed by atoms with Gasteiger partial charge in [0.25, 0.3) is 5.91 Å². The van der Waals surface area contributed by atoms with Gasteiger partial charge in [-0.2, -0.15) is 0 Å². The third kappa shape index (κ3) is 2.62. The highest BCUT2D eigenvalue weighted by Crippen LogP contribution is 2.30. The number of nitrogens with zero attached hydrogens (tertiary/aromatic N) is 1. The Hall–Kier alpha value is -0.400. The van der Waals surface area contributed by atoms with Gasteiger partial charge in [-0.15, -0.1) is 11.3 Å². The first-order valence-corrected chi connectivity index (χ1v) is 9.02. The SMILES string of the molecule is Cc1csc(C(=O)N(C)C2CCS(=O)(=O)C2)c1Br. The molecule has 0 aliphatic carbocycles. The zero-order valence-electron chi connectivity index (χ0n) is 10.1. The minimum absolute atomic E-state index is 0.0806. The van der Waals surface area contributed by atoms with E-state index in [9.17, 15) is 13.2 Å². The lowest BCUT2D eigenvalue weighted by atomic mass is 10.2. The molecule has 0 saturated carbocycles. The zero-order chi connectivity index (χ0) is 13.5. The zero-order valence-corrected chi connectivity index (χ0v) is 13.4. The van der Waals surface area contributed by atoms with Gasteiger partial charge >= 0.3 is 0 Å². The third-order valence-electron chi connectivity index (χ3n) is 3.17. The third-order valence-corrected chi connectivity index (χ3v) is 7.29. The number of aryl methyl sites for hydroxylation is 1. The maximum atomic E-state index is 12.3. The average Bonchev–Trinajstić information content (AvgIpc) is 2.82. The van der Waals surface area contributed by atoms with Gasteiger partial charge in [-0.1, -0.05) is 0 Å². The molecule has 0 spiro atoms. The van der Waals surface area contributed by atoms with Crippen molar-refractivity contribution in [3.63, 3.8) is 0 Å². The van der Waals surface area contributed by atoms with E-state index in [0.29, 0.717) is 11.3 Å². The van der Waals surface area contributed by atoms with Crippen LogP contribution in [0.5, 0.6) is 0 Å². The molecule has 1 aromatic heterocycles. The van der Waals surface area contributed by atoms with Crippen LogP contribution in [0.2, 0.25) is 0 Å². The van der Waals surface area contributed by atoms with Gasteiger partial charge in [0.1, 0.15) is 4.88 Å². The molecule has 18 heavy (non-hydrogen) atoms. The smallest absolute Gasteiger partial charge is 0.265 e. The number of amides is 1. The highest BCUT2D eigenvalue weighted by atomic mass is 79.9. The number of rotatable bonds is 2. The first kappa shape index (κ1) is 14.0. The lowest BCUT2D eigenvalue weighted by molar-refractivity contribution is 0.0751. The summed E-state index contributed by atoms with van der Waals surface area (Å²) < 4.78 is 23.7. The summed E-state index contributed by atoms with van der Waals surface area (Å²) in [5.74, 6) is 0.152. The summed E-state index contributed by atoms with van der Waals surface area (Å²) in [6, 6.07) is -0.197. The summed E-state index contributed by atoms with van der Waals surface area (Å²) in [7, 11) is -1.29. The molecule has 0 radical (unpaired) electrons. The molecule has 1 fully saturated rings. The van der Waals surface area contributed by atoms with E-state index in [1.807, 2.05) is 12.3 Å². The Bertz CT molecular complexity index is 579. The molecular weight excluding hydrogens is 338 g/mol. The van der Waals surface area contributed by atoms with Gasteiger partial charge in [-0.3, -0.25) is 4.79 Å². The van der Waals surface area contributed by atoms with Crippen molar-refractivity contribution in [2.24, 2.45) is 0 Å². The highest BCUT2D eigenvalue weighted by Gasteiger charge is 2.33. The van der Waals surface area contributed by atoms with Crippen LogP contribution in [0.3, 0.4) is 0 Å². The Kier molecular flexibility index (Phi) is 3.85. The molecule has 0 aromatic carbocycles. The van der Waals surface area contributed by atoms with Gasteiger partial charge in [0.05, 0.1) is 11.5 Å². The highest BCUT2D eigenvalue weighted by molar-refractivity contribution is 9.10. The second kappa shape index (κ2) is 4.94. The summed E-state index contributed by atoms with van der Waals surface area (Å²) in [4.78, 5) is 14.5. The molecule has 0 N–H and O–H groups in total. The molecule has 0 bridgehead atoms. The van der Waals surface area contributed by atoms with Crippen LogP contribution < -0.4 is 0 Å². The van der Waals surface area contributed by atoms with Crippen molar-refractivity contribution in [2.75, 3.05) is 18.6 Å². The molecule has 1 amide bonds. The van der Waals surface area contributed by atoms with E-state index in [4.69, 9.17) is 0 Å². The van der Waals surface area contributed by atoms with E-state index >= 15 is 0 Å². The van der Waals surface area contributed by atoms with Gasteiger partial charge in [0, 0.05) is 17.6 Å². The minimum Gasteiger partial charge on any atom is -0.337 e. The topological polar surface area (TPSA) is 54.5 Å².